The summed E-state index contributed by atoms with van der Waals surface area (Å²) in [4.78, 5) is 17.6. The van der Waals surface area contributed by atoms with E-state index in [-0.39, 0.29) is 18.1 Å². The van der Waals surface area contributed by atoms with Gasteiger partial charge >= 0.3 is 0 Å². The van der Waals surface area contributed by atoms with Crippen LogP contribution in [0.15, 0.2) is 29.6 Å². The molecule has 1 amide bonds. The number of aliphatic hydroxyl groups is 1. The highest BCUT2D eigenvalue weighted by Crippen LogP contribution is 2.49. The Morgan fingerprint density at radius 2 is 1.93 bits per heavy atom. The fraction of sp³-hybridized carbons (Fsp3) is 0.531. The SMILES string of the molecule is COc1cc2c(cc1[C@@H]1OC(C)(C)O[C@@H]1CO)-c1c(-c3cccs3)c3c(n1CC2)C(=O)N(C(C)(C)C)CCCC3. The number of aryl methyl sites for hydroxylation is 1. The molecule has 0 aliphatic carbocycles. The molecule has 8 heteroatoms. The number of methoxy groups -OCH3 is 1. The molecule has 40 heavy (non-hydrogen) atoms. The number of fused-ring (bicyclic) bond motifs is 5. The van der Waals surface area contributed by atoms with Gasteiger partial charge in [-0.25, -0.2) is 0 Å². The van der Waals surface area contributed by atoms with Gasteiger partial charge in [-0.3, -0.25) is 4.79 Å². The number of carbonyl (C=O) groups is 1. The van der Waals surface area contributed by atoms with Crippen LogP contribution in [0.2, 0.25) is 0 Å². The zero-order chi connectivity index (χ0) is 28.4. The number of nitrogens with zero attached hydrogens (tertiary/aromatic N) is 2. The first-order chi connectivity index (χ1) is 19.0. The zero-order valence-electron chi connectivity index (χ0n) is 24.4. The lowest BCUT2D eigenvalue weighted by molar-refractivity contribution is -0.149. The van der Waals surface area contributed by atoms with E-state index in [1.165, 1.54) is 16.0 Å². The number of hydrogen-bond acceptors (Lipinski definition) is 6. The van der Waals surface area contributed by atoms with E-state index >= 15 is 0 Å². The van der Waals surface area contributed by atoms with Gasteiger partial charge in [-0.05, 0) is 95.0 Å². The lowest BCUT2D eigenvalue weighted by atomic mass is 9.89. The van der Waals surface area contributed by atoms with Crippen molar-refractivity contribution in [3.05, 3.63) is 52.0 Å². The number of carbonyl (C=O) groups excluding carboxylic acids is 1. The summed E-state index contributed by atoms with van der Waals surface area (Å²) in [5.74, 6) is 0.0346. The van der Waals surface area contributed by atoms with Crippen LogP contribution in [0.1, 0.15) is 80.7 Å². The van der Waals surface area contributed by atoms with Crippen molar-refractivity contribution in [3.63, 3.8) is 0 Å². The van der Waals surface area contributed by atoms with Gasteiger partial charge in [-0.1, -0.05) is 6.07 Å². The molecule has 3 aliphatic heterocycles. The summed E-state index contributed by atoms with van der Waals surface area (Å²) in [7, 11) is 1.67. The number of hydrogen-bond donors (Lipinski definition) is 1. The third-order valence-electron chi connectivity index (χ3n) is 8.43. The van der Waals surface area contributed by atoms with Crippen molar-refractivity contribution >= 4 is 17.2 Å². The standard InChI is InChI=1S/C32H40N2O5S/c1-31(2,3)34-13-8-7-10-20-26(25-11-9-15-40-25)27-21-17-22(29-24(18-35)38-32(4,5)39-29)23(37-6)16-19(21)12-14-33(27)28(20)30(34)36/h9,11,15-17,24,29,35H,7-8,10,12-14,18H2,1-6H3/t24-,29+/m1/s1. The summed E-state index contributed by atoms with van der Waals surface area (Å²) in [6.45, 7) is 11.5. The van der Waals surface area contributed by atoms with Gasteiger partial charge in [-0.2, -0.15) is 0 Å². The minimum Gasteiger partial charge on any atom is -0.496 e. The molecule has 2 atom stereocenters. The van der Waals surface area contributed by atoms with Gasteiger partial charge < -0.3 is 28.8 Å². The largest absolute Gasteiger partial charge is 0.496 e. The predicted octanol–water partition coefficient (Wildman–Crippen LogP) is 6.21. The van der Waals surface area contributed by atoms with Gasteiger partial charge in [0.2, 0.25) is 0 Å². The highest BCUT2D eigenvalue weighted by atomic mass is 32.1. The molecule has 7 nitrogen and oxygen atoms in total. The Morgan fingerprint density at radius 3 is 2.60 bits per heavy atom. The Balaban J connectivity index is 1.61. The van der Waals surface area contributed by atoms with Crippen molar-refractivity contribution in [2.24, 2.45) is 0 Å². The molecular weight excluding hydrogens is 524 g/mol. The quantitative estimate of drug-likeness (QED) is 0.408. The average molecular weight is 565 g/mol. The Hall–Kier alpha value is -2.65. The predicted molar refractivity (Wildman–Crippen MR) is 157 cm³/mol. The molecule has 0 saturated carbocycles. The van der Waals surface area contributed by atoms with Crippen molar-refractivity contribution in [2.45, 2.75) is 90.4 Å². The molecular formula is C32H40N2O5S. The van der Waals surface area contributed by atoms with Crippen LogP contribution in [-0.2, 0) is 28.9 Å². The van der Waals surface area contributed by atoms with Crippen LogP contribution in [0.3, 0.4) is 0 Å². The third kappa shape index (κ3) is 4.49. The molecule has 3 aliphatic rings. The van der Waals surface area contributed by atoms with Gasteiger partial charge in [0.15, 0.2) is 5.79 Å². The van der Waals surface area contributed by atoms with E-state index in [0.29, 0.717) is 0 Å². The number of amides is 1. The number of thiophene rings is 1. The minimum atomic E-state index is -0.820. The monoisotopic (exact) mass is 564 g/mol. The molecule has 214 valence electrons. The second-order valence-electron chi connectivity index (χ2n) is 12.5. The minimum absolute atomic E-state index is 0.123. The van der Waals surface area contributed by atoms with Crippen molar-refractivity contribution in [1.82, 2.24) is 9.47 Å². The first-order valence-corrected chi connectivity index (χ1v) is 15.2. The number of aliphatic hydroxyl groups excluding tert-OH is 1. The topological polar surface area (TPSA) is 73.2 Å². The Kier molecular flexibility index (Phi) is 6.89. The summed E-state index contributed by atoms with van der Waals surface area (Å²) in [6.07, 6.45) is 2.72. The smallest absolute Gasteiger partial charge is 0.271 e. The Labute approximate surface area is 240 Å². The highest BCUT2D eigenvalue weighted by Gasteiger charge is 2.44. The molecule has 0 radical (unpaired) electrons. The van der Waals surface area contributed by atoms with Crippen LogP contribution in [0, 0.1) is 0 Å². The summed E-state index contributed by atoms with van der Waals surface area (Å²) >= 11 is 1.72. The summed E-state index contributed by atoms with van der Waals surface area (Å²) in [6, 6.07) is 8.53. The Bertz CT molecular complexity index is 1430. The van der Waals surface area contributed by atoms with Gasteiger partial charge in [0.25, 0.3) is 5.91 Å². The summed E-state index contributed by atoms with van der Waals surface area (Å²) in [5.41, 5.74) is 7.15. The van der Waals surface area contributed by atoms with Gasteiger partial charge in [0.1, 0.15) is 23.7 Å². The molecule has 3 aromatic rings. The van der Waals surface area contributed by atoms with Gasteiger partial charge in [0.05, 0.1) is 19.4 Å². The molecule has 5 heterocycles. The molecule has 0 bridgehead atoms. The van der Waals surface area contributed by atoms with Crippen LogP contribution in [0.25, 0.3) is 21.7 Å². The normalized spacial score (nSPS) is 22.4. The molecule has 1 N–H and O–H groups in total. The first kappa shape index (κ1) is 27.5. The fourth-order valence-electron chi connectivity index (χ4n) is 6.72. The molecule has 2 aromatic heterocycles. The number of rotatable bonds is 4. The van der Waals surface area contributed by atoms with E-state index in [2.05, 4.69) is 59.9 Å². The molecule has 1 aromatic carbocycles. The van der Waals surface area contributed by atoms with Crippen LogP contribution >= 0.6 is 11.3 Å². The van der Waals surface area contributed by atoms with E-state index < -0.39 is 18.0 Å². The number of benzene rings is 1. The van der Waals surface area contributed by atoms with Crippen LogP contribution < -0.4 is 4.74 Å². The molecule has 1 fully saturated rings. The summed E-state index contributed by atoms with van der Waals surface area (Å²) < 4.78 is 20.5. The van der Waals surface area contributed by atoms with Crippen LogP contribution in [-0.4, -0.2) is 58.2 Å². The van der Waals surface area contributed by atoms with E-state index in [9.17, 15) is 9.90 Å². The number of ether oxygens (including phenoxy) is 3. The molecule has 1 saturated heterocycles. The fourth-order valence-corrected chi connectivity index (χ4v) is 7.52. The maximum Gasteiger partial charge on any atom is 0.271 e. The second kappa shape index (κ2) is 10.0. The van der Waals surface area contributed by atoms with E-state index in [1.807, 2.05) is 13.8 Å². The first-order valence-electron chi connectivity index (χ1n) is 14.3. The lowest BCUT2D eigenvalue weighted by Crippen LogP contribution is -2.47. The molecule has 0 spiro atoms. The molecule has 6 rings (SSSR count). The van der Waals surface area contributed by atoms with E-state index in [4.69, 9.17) is 14.2 Å². The van der Waals surface area contributed by atoms with Crippen LogP contribution in [0.5, 0.6) is 5.75 Å². The highest BCUT2D eigenvalue weighted by molar-refractivity contribution is 7.13. The van der Waals surface area contributed by atoms with Crippen LogP contribution in [0.4, 0.5) is 0 Å². The maximum atomic E-state index is 14.4. The summed E-state index contributed by atoms with van der Waals surface area (Å²) in [5, 5.41) is 12.3. The van der Waals surface area contributed by atoms with Crippen molar-refractivity contribution < 1.29 is 24.1 Å². The van der Waals surface area contributed by atoms with E-state index in [1.54, 1.807) is 18.4 Å². The zero-order valence-corrected chi connectivity index (χ0v) is 25.2. The molecule has 0 unspecified atom stereocenters. The average Bonchev–Trinajstić information content (AvgIpc) is 3.60. The van der Waals surface area contributed by atoms with Crippen molar-refractivity contribution in [2.75, 3.05) is 20.3 Å². The van der Waals surface area contributed by atoms with E-state index in [0.717, 1.165) is 72.6 Å². The Morgan fingerprint density at radius 1 is 1.12 bits per heavy atom. The van der Waals surface area contributed by atoms with Gasteiger partial charge in [0, 0.05) is 40.2 Å². The maximum absolute atomic E-state index is 14.4. The van der Waals surface area contributed by atoms with Gasteiger partial charge in [-0.15, -0.1) is 11.3 Å². The lowest BCUT2D eigenvalue weighted by Gasteiger charge is -2.37. The van der Waals surface area contributed by atoms with Crippen molar-refractivity contribution in [3.8, 4) is 27.4 Å². The third-order valence-corrected chi connectivity index (χ3v) is 9.32. The van der Waals surface area contributed by atoms with Crippen molar-refractivity contribution in [1.29, 1.82) is 0 Å². The second-order valence-corrected chi connectivity index (χ2v) is 13.5. The number of aromatic nitrogens is 1.